The molecular formula is C11H16BrN. The minimum absolute atomic E-state index is 0.329. The Kier molecular flexibility index (Phi) is 4.46. The van der Waals surface area contributed by atoms with Gasteiger partial charge in [0.1, 0.15) is 0 Å². The Labute approximate surface area is 88.5 Å². The van der Waals surface area contributed by atoms with Crippen LogP contribution in [0.5, 0.6) is 0 Å². The molecule has 0 bridgehead atoms. The van der Waals surface area contributed by atoms with E-state index in [-0.39, 0.29) is 0 Å². The monoisotopic (exact) mass is 241 g/mol. The van der Waals surface area contributed by atoms with Gasteiger partial charge in [-0.25, -0.2) is 0 Å². The molecule has 0 saturated heterocycles. The van der Waals surface area contributed by atoms with Crippen molar-refractivity contribution < 1.29 is 0 Å². The predicted octanol–water partition coefficient (Wildman–Crippen LogP) is 3.12. The second-order valence-corrected chi connectivity index (χ2v) is 4.41. The van der Waals surface area contributed by atoms with E-state index in [0.717, 1.165) is 17.3 Å². The van der Waals surface area contributed by atoms with Gasteiger partial charge in [0.05, 0.1) is 0 Å². The van der Waals surface area contributed by atoms with Gasteiger partial charge in [0.15, 0.2) is 0 Å². The Morgan fingerprint density at radius 1 is 1.31 bits per heavy atom. The molecule has 0 aliphatic rings. The van der Waals surface area contributed by atoms with Crippen molar-refractivity contribution in [3.8, 4) is 0 Å². The molecule has 0 heterocycles. The van der Waals surface area contributed by atoms with Gasteiger partial charge in [-0.2, -0.15) is 0 Å². The van der Waals surface area contributed by atoms with Crippen LogP contribution in [0.1, 0.15) is 25.3 Å². The van der Waals surface area contributed by atoms with Gasteiger partial charge < -0.3 is 5.73 Å². The maximum Gasteiger partial charge on any atom is 0.0175 e. The van der Waals surface area contributed by atoms with E-state index in [1.54, 1.807) is 0 Å². The Bertz CT molecular complexity index is 241. The molecule has 1 nitrogen and oxygen atoms in total. The van der Waals surface area contributed by atoms with Crippen LogP contribution in [0, 0.1) is 0 Å². The number of aryl methyl sites for hydroxylation is 1. The van der Waals surface area contributed by atoms with Gasteiger partial charge in [0.25, 0.3) is 0 Å². The molecule has 2 N–H and O–H groups in total. The lowest BCUT2D eigenvalue weighted by atomic mass is 10.1. The predicted molar refractivity (Wildman–Crippen MR) is 60.7 cm³/mol. The van der Waals surface area contributed by atoms with E-state index in [1.807, 2.05) is 0 Å². The Balaban J connectivity index is 2.33. The van der Waals surface area contributed by atoms with Crippen molar-refractivity contribution in [3.63, 3.8) is 0 Å². The third-order valence-electron chi connectivity index (χ3n) is 2.04. The lowest BCUT2D eigenvalue weighted by Crippen LogP contribution is -2.14. The van der Waals surface area contributed by atoms with Crippen LogP contribution in [0.25, 0.3) is 0 Å². The highest BCUT2D eigenvalue weighted by atomic mass is 79.9. The molecule has 1 atom stereocenters. The summed E-state index contributed by atoms with van der Waals surface area (Å²) in [4.78, 5) is 0. The zero-order valence-corrected chi connectivity index (χ0v) is 9.55. The molecule has 0 radical (unpaired) electrons. The minimum Gasteiger partial charge on any atom is -0.328 e. The summed E-state index contributed by atoms with van der Waals surface area (Å²) in [5.41, 5.74) is 7.07. The minimum atomic E-state index is 0.329. The summed E-state index contributed by atoms with van der Waals surface area (Å²) in [6.45, 7) is 2.06. The third-order valence-corrected chi connectivity index (χ3v) is 2.57. The van der Waals surface area contributed by atoms with Crippen LogP contribution in [0.15, 0.2) is 28.7 Å². The first-order valence-electron chi connectivity index (χ1n) is 4.68. The summed E-state index contributed by atoms with van der Waals surface area (Å²) in [6, 6.07) is 8.81. The molecule has 0 saturated carbocycles. The van der Waals surface area contributed by atoms with E-state index in [2.05, 4.69) is 47.1 Å². The summed E-state index contributed by atoms with van der Waals surface area (Å²) in [7, 11) is 0. The fraction of sp³-hybridized carbons (Fsp3) is 0.455. The topological polar surface area (TPSA) is 26.0 Å². The van der Waals surface area contributed by atoms with Crippen LogP contribution in [0.4, 0.5) is 0 Å². The van der Waals surface area contributed by atoms with E-state index in [0.29, 0.717) is 6.04 Å². The standard InChI is InChI=1S/C11H16BrN/c1-9(13)3-2-4-10-5-7-11(12)8-6-10/h5-9H,2-4,13H2,1H3/t9-/m0/s1. The van der Waals surface area contributed by atoms with Gasteiger partial charge in [-0.15, -0.1) is 0 Å². The van der Waals surface area contributed by atoms with Crippen LogP contribution in [-0.2, 0) is 6.42 Å². The first-order chi connectivity index (χ1) is 6.18. The fourth-order valence-electron chi connectivity index (χ4n) is 1.28. The Hall–Kier alpha value is -0.340. The highest BCUT2D eigenvalue weighted by Gasteiger charge is 1.96. The lowest BCUT2D eigenvalue weighted by molar-refractivity contribution is 0.624. The van der Waals surface area contributed by atoms with Gasteiger partial charge >= 0.3 is 0 Å². The SMILES string of the molecule is C[C@H](N)CCCc1ccc(Br)cc1. The van der Waals surface area contributed by atoms with Crippen LogP contribution >= 0.6 is 15.9 Å². The molecular weight excluding hydrogens is 226 g/mol. The zero-order chi connectivity index (χ0) is 9.68. The second-order valence-electron chi connectivity index (χ2n) is 3.50. The van der Waals surface area contributed by atoms with Crippen molar-refractivity contribution in [2.75, 3.05) is 0 Å². The maximum absolute atomic E-state index is 5.67. The Morgan fingerprint density at radius 3 is 2.46 bits per heavy atom. The molecule has 72 valence electrons. The summed E-state index contributed by atoms with van der Waals surface area (Å²) in [6.07, 6.45) is 3.42. The van der Waals surface area contributed by atoms with E-state index in [4.69, 9.17) is 5.73 Å². The molecule has 1 aromatic rings. The second kappa shape index (κ2) is 5.40. The van der Waals surface area contributed by atoms with E-state index >= 15 is 0 Å². The average Bonchev–Trinajstić information content (AvgIpc) is 2.08. The van der Waals surface area contributed by atoms with E-state index in [1.165, 1.54) is 12.0 Å². The number of benzene rings is 1. The van der Waals surface area contributed by atoms with Crippen molar-refractivity contribution in [1.82, 2.24) is 0 Å². The van der Waals surface area contributed by atoms with Crippen LogP contribution in [0.2, 0.25) is 0 Å². The van der Waals surface area contributed by atoms with Gasteiger partial charge in [-0.05, 0) is 43.9 Å². The highest BCUT2D eigenvalue weighted by molar-refractivity contribution is 9.10. The van der Waals surface area contributed by atoms with Gasteiger partial charge in [-0.1, -0.05) is 28.1 Å². The van der Waals surface area contributed by atoms with Crippen molar-refractivity contribution in [2.45, 2.75) is 32.2 Å². The summed E-state index contributed by atoms with van der Waals surface area (Å²) in [5.74, 6) is 0. The first-order valence-corrected chi connectivity index (χ1v) is 5.48. The average molecular weight is 242 g/mol. The maximum atomic E-state index is 5.67. The number of hydrogen-bond acceptors (Lipinski definition) is 1. The summed E-state index contributed by atoms with van der Waals surface area (Å²) < 4.78 is 1.14. The zero-order valence-electron chi connectivity index (χ0n) is 7.96. The van der Waals surface area contributed by atoms with E-state index in [9.17, 15) is 0 Å². The van der Waals surface area contributed by atoms with Crippen LogP contribution in [0.3, 0.4) is 0 Å². The summed E-state index contributed by atoms with van der Waals surface area (Å²) >= 11 is 3.42. The lowest BCUT2D eigenvalue weighted by Gasteiger charge is -2.04. The molecule has 0 aromatic heterocycles. The highest BCUT2D eigenvalue weighted by Crippen LogP contribution is 2.12. The largest absolute Gasteiger partial charge is 0.328 e. The molecule has 0 amide bonds. The number of rotatable bonds is 4. The van der Waals surface area contributed by atoms with Crippen LogP contribution < -0.4 is 5.73 Å². The molecule has 0 aliphatic carbocycles. The summed E-state index contributed by atoms with van der Waals surface area (Å²) in [5, 5.41) is 0. The quantitative estimate of drug-likeness (QED) is 0.862. The fourth-order valence-corrected chi connectivity index (χ4v) is 1.54. The van der Waals surface area contributed by atoms with Crippen molar-refractivity contribution in [1.29, 1.82) is 0 Å². The molecule has 1 rings (SSSR count). The normalized spacial score (nSPS) is 12.8. The molecule has 0 unspecified atom stereocenters. The number of hydrogen-bond donors (Lipinski definition) is 1. The van der Waals surface area contributed by atoms with Gasteiger partial charge in [0.2, 0.25) is 0 Å². The molecule has 1 aromatic carbocycles. The van der Waals surface area contributed by atoms with Crippen molar-refractivity contribution in [2.24, 2.45) is 5.73 Å². The van der Waals surface area contributed by atoms with Crippen molar-refractivity contribution in [3.05, 3.63) is 34.3 Å². The number of nitrogens with two attached hydrogens (primary N) is 1. The van der Waals surface area contributed by atoms with Crippen LogP contribution in [-0.4, -0.2) is 6.04 Å². The Morgan fingerprint density at radius 2 is 1.92 bits per heavy atom. The van der Waals surface area contributed by atoms with Gasteiger partial charge in [0, 0.05) is 10.5 Å². The first kappa shape index (κ1) is 10.7. The third kappa shape index (κ3) is 4.44. The van der Waals surface area contributed by atoms with E-state index < -0.39 is 0 Å². The van der Waals surface area contributed by atoms with Gasteiger partial charge in [-0.3, -0.25) is 0 Å². The van der Waals surface area contributed by atoms with Crippen molar-refractivity contribution >= 4 is 15.9 Å². The molecule has 0 spiro atoms. The number of halogens is 1. The molecule has 2 heteroatoms. The molecule has 13 heavy (non-hydrogen) atoms. The molecule has 0 aliphatic heterocycles. The smallest absolute Gasteiger partial charge is 0.0175 e. The molecule has 0 fully saturated rings.